The summed E-state index contributed by atoms with van der Waals surface area (Å²) >= 11 is 11.8. The van der Waals surface area contributed by atoms with Gasteiger partial charge in [0.15, 0.2) is 5.82 Å². The van der Waals surface area contributed by atoms with Crippen LogP contribution in [0.25, 0.3) is 0 Å². The van der Waals surface area contributed by atoms with Crippen LogP contribution < -0.4 is 10.1 Å². The SMILES string of the molecule is Clc1cc(Cl)cc(OCC2=NCc3nccnc3N2)c1. The first-order valence-electron chi connectivity index (χ1n) is 5.90. The third kappa shape index (κ3) is 3.00. The van der Waals surface area contributed by atoms with Crippen LogP contribution in [0.15, 0.2) is 35.6 Å². The van der Waals surface area contributed by atoms with Crippen LogP contribution in [0.1, 0.15) is 5.69 Å². The third-order valence-electron chi connectivity index (χ3n) is 2.67. The highest BCUT2D eigenvalue weighted by atomic mass is 35.5. The Morgan fingerprint density at radius 3 is 2.65 bits per heavy atom. The van der Waals surface area contributed by atoms with Crippen molar-refractivity contribution in [1.82, 2.24) is 9.97 Å². The van der Waals surface area contributed by atoms with Crippen molar-refractivity contribution >= 4 is 34.9 Å². The number of anilines is 1. The summed E-state index contributed by atoms with van der Waals surface area (Å²) in [6, 6.07) is 5.05. The smallest absolute Gasteiger partial charge is 0.155 e. The van der Waals surface area contributed by atoms with Crippen molar-refractivity contribution in [2.75, 3.05) is 11.9 Å². The fourth-order valence-electron chi connectivity index (χ4n) is 1.78. The summed E-state index contributed by atoms with van der Waals surface area (Å²) in [7, 11) is 0. The minimum atomic E-state index is 0.284. The number of fused-ring (bicyclic) bond motifs is 1. The molecule has 0 saturated heterocycles. The second kappa shape index (κ2) is 5.64. The lowest BCUT2D eigenvalue weighted by molar-refractivity contribution is 0.375. The summed E-state index contributed by atoms with van der Waals surface area (Å²) < 4.78 is 5.61. The number of benzene rings is 1. The van der Waals surface area contributed by atoms with Crippen molar-refractivity contribution in [3.63, 3.8) is 0 Å². The molecule has 2 aromatic rings. The van der Waals surface area contributed by atoms with Crippen molar-refractivity contribution < 1.29 is 4.74 Å². The summed E-state index contributed by atoms with van der Waals surface area (Å²) in [5.74, 6) is 2.00. The van der Waals surface area contributed by atoms with E-state index in [0.717, 1.165) is 5.69 Å². The summed E-state index contributed by atoms with van der Waals surface area (Å²) in [5, 5.41) is 4.14. The van der Waals surface area contributed by atoms with Crippen molar-refractivity contribution in [3.8, 4) is 5.75 Å². The van der Waals surface area contributed by atoms with E-state index in [9.17, 15) is 0 Å². The number of halogens is 2. The van der Waals surface area contributed by atoms with E-state index in [4.69, 9.17) is 27.9 Å². The number of aromatic nitrogens is 2. The maximum absolute atomic E-state index is 5.91. The van der Waals surface area contributed by atoms with E-state index in [1.165, 1.54) is 0 Å². The molecule has 0 radical (unpaired) electrons. The van der Waals surface area contributed by atoms with E-state index in [2.05, 4.69) is 20.3 Å². The zero-order chi connectivity index (χ0) is 13.9. The summed E-state index contributed by atoms with van der Waals surface area (Å²) in [6.07, 6.45) is 3.28. The molecule has 0 spiro atoms. The van der Waals surface area contributed by atoms with E-state index >= 15 is 0 Å². The second-order valence-electron chi connectivity index (χ2n) is 4.13. The van der Waals surface area contributed by atoms with Crippen molar-refractivity contribution in [3.05, 3.63) is 46.3 Å². The molecule has 5 nitrogen and oxygen atoms in total. The molecule has 0 saturated carbocycles. The van der Waals surface area contributed by atoms with Gasteiger partial charge in [0.05, 0.1) is 6.54 Å². The minimum absolute atomic E-state index is 0.284. The molecule has 1 aliphatic heterocycles. The Balaban J connectivity index is 1.67. The summed E-state index contributed by atoms with van der Waals surface area (Å²) in [6.45, 7) is 0.776. The van der Waals surface area contributed by atoms with E-state index < -0.39 is 0 Å². The molecule has 0 atom stereocenters. The Morgan fingerprint density at radius 1 is 1.10 bits per heavy atom. The molecule has 7 heteroatoms. The Labute approximate surface area is 125 Å². The zero-order valence-corrected chi connectivity index (χ0v) is 11.8. The Hall–Kier alpha value is -1.85. The topological polar surface area (TPSA) is 59.4 Å². The fourth-order valence-corrected chi connectivity index (χ4v) is 2.28. The quantitative estimate of drug-likeness (QED) is 0.946. The third-order valence-corrected chi connectivity index (χ3v) is 3.10. The van der Waals surface area contributed by atoms with Crippen LogP contribution in [0.2, 0.25) is 10.0 Å². The van der Waals surface area contributed by atoms with Crippen LogP contribution in [0.3, 0.4) is 0 Å². The number of rotatable bonds is 3. The highest BCUT2D eigenvalue weighted by molar-refractivity contribution is 6.34. The number of hydrogen-bond donors (Lipinski definition) is 1. The highest BCUT2D eigenvalue weighted by Gasteiger charge is 2.13. The molecule has 102 valence electrons. The average molecular weight is 309 g/mol. The van der Waals surface area contributed by atoms with Gasteiger partial charge in [-0.15, -0.1) is 0 Å². The molecule has 1 aromatic heterocycles. The Morgan fingerprint density at radius 2 is 1.85 bits per heavy atom. The van der Waals surface area contributed by atoms with Crippen LogP contribution in [-0.2, 0) is 6.54 Å². The lowest BCUT2D eigenvalue weighted by atomic mass is 10.3. The minimum Gasteiger partial charge on any atom is -0.486 e. The number of ether oxygens (including phenoxy) is 1. The Kier molecular flexibility index (Phi) is 3.71. The molecule has 0 fully saturated rings. The van der Waals surface area contributed by atoms with Crippen LogP contribution in [0, 0.1) is 0 Å². The molecule has 3 rings (SSSR count). The van der Waals surface area contributed by atoms with Gasteiger partial charge in [-0.1, -0.05) is 23.2 Å². The first kappa shape index (κ1) is 13.1. The summed E-state index contributed by atoms with van der Waals surface area (Å²) in [5.41, 5.74) is 0.821. The fraction of sp³-hybridized carbons (Fsp3) is 0.154. The van der Waals surface area contributed by atoms with Gasteiger partial charge in [-0.05, 0) is 18.2 Å². The highest BCUT2D eigenvalue weighted by Crippen LogP contribution is 2.24. The lowest BCUT2D eigenvalue weighted by Gasteiger charge is -2.16. The standard InChI is InChI=1S/C13H10Cl2N4O/c14-8-3-9(15)5-10(4-8)20-7-12-18-6-11-13(19-12)17-2-1-16-11/h1-5H,6-7H2,(H,17,18,19). The molecule has 2 heterocycles. The van der Waals surface area contributed by atoms with E-state index in [1.807, 2.05) is 0 Å². The second-order valence-corrected chi connectivity index (χ2v) is 5.01. The molecule has 0 aliphatic carbocycles. The monoisotopic (exact) mass is 308 g/mol. The molecule has 1 aliphatic rings. The maximum atomic E-state index is 5.91. The van der Waals surface area contributed by atoms with Gasteiger partial charge in [0.2, 0.25) is 0 Å². The van der Waals surface area contributed by atoms with Crippen LogP contribution >= 0.6 is 23.2 Å². The molecular formula is C13H10Cl2N4O. The van der Waals surface area contributed by atoms with Gasteiger partial charge in [0, 0.05) is 22.4 Å². The number of nitrogens with zero attached hydrogens (tertiary/aromatic N) is 3. The number of hydrogen-bond acceptors (Lipinski definition) is 5. The van der Waals surface area contributed by atoms with Gasteiger partial charge in [-0.25, -0.2) is 4.98 Å². The van der Waals surface area contributed by atoms with Crippen molar-refractivity contribution in [2.24, 2.45) is 4.99 Å². The van der Waals surface area contributed by atoms with E-state index in [0.29, 0.717) is 34.0 Å². The van der Waals surface area contributed by atoms with Gasteiger partial charge >= 0.3 is 0 Å². The largest absolute Gasteiger partial charge is 0.486 e. The summed E-state index contributed by atoms with van der Waals surface area (Å²) in [4.78, 5) is 12.7. The molecule has 1 N–H and O–H groups in total. The molecule has 0 amide bonds. The predicted octanol–water partition coefficient (Wildman–Crippen LogP) is 3.19. The number of aliphatic imine (C=N–C) groups is 1. The van der Waals surface area contributed by atoms with Crippen molar-refractivity contribution in [2.45, 2.75) is 6.54 Å². The predicted molar refractivity (Wildman–Crippen MR) is 78.8 cm³/mol. The van der Waals surface area contributed by atoms with Gasteiger partial charge in [0.1, 0.15) is 23.9 Å². The number of amidine groups is 1. The van der Waals surface area contributed by atoms with Crippen LogP contribution in [0.4, 0.5) is 5.82 Å². The molecule has 1 aromatic carbocycles. The normalized spacial score (nSPS) is 13.2. The first-order valence-corrected chi connectivity index (χ1v) is 6.65. The molecule has 0 unspecified atom stereocenters. The van der Waals surface area contributed by atoms with Crippen LogP contribution in [0.5, 0.6) is 5.75 Å². The van der Waals surface area contributed by atoms with Gasteiger partial charge in [0.25, 0.3) is 0 Å². The first-order chi connectivity index (χ1) is 9.70. The van der Waals surface area contributed by atoms with Gasteiger partial charge in [-0.3, -0.25) is 9.98 Å². The Bertz CT molecular complexity index is 655. The van der Waals surface area contributed by atoms with Gasteiger partial charge in [-0.2, -0.15) is 0 Å². The van der Waals surface area contributed by atoms with E-state index in [1.54, 1.807) is 30.6 Å². The number of nitrogens with one attached hydrogen (secondary N) is 1. The van der Waals surface area contributed by atoms with Crippen LogP contribution in [-0.4, -0.2) is 22.4 Å². The molecule has 0 bridgehead atoms. The van der Waals surface area contributed by atoms with Crippen molar-refractivity contribution in [1.29, 1.82) is 0 Å². The van der Waals surface area contributed by atoms with E-state index in [-0.39, 0.29) is 6.61 Å². The molecule has 20 heavy (non-hydrogen) atoms. The lowest BCUT2D eigenvalue weighted by Crippen LogP contribution is -2.25. The molecular weight excluding hydrogens is 299 g/mol. The zero-order valence-electron chi connectivity index (χ0n) is 10.3. The van der Waals surface area contributed by atoms with Gasteiger partial charge < -0.3 is 10.1 Å². The average Bonchev–Trinajstić information content (AvgIpc) is 2.44. The maximum Gasteiger partial charge on any atom is 0.155 e.